The third kappa shape index (κ3) is 4.04. The molecule has 1 saturated heterocycles. The van der Waals surface area contributed by atoms with Crippen LogP contribution in [0.1, 0.15) is 13.3 Å². The van der Waals surface area contributed by atoms with Gasteiger partial charge in [0.05, 0.1) is 18.8 Å². The van der Waals surface area contributed by atoms with E-state index >= 15 is 0 Å². The molecule has 78 valence electrons. The summed E-state index contributed by atoms with van der Waals surface area (Å²) in [5.41, 5.74) is -1.00. The average Bonchev–Trinajstić information content (AvgIpc) is 2.57. The minimum atomic E-state index is -1.00. The SMILES string of the molecule is CC(O)(CO)CNCC1CCOC1. The van der Waals surface area contributed by atoms with Crippen LogP contribution in [-0.2, 0) is 4.74 Å². The Morgan fingerprint density at radius 3 is 2.92 bits per heavy atom. The Balaban J connectivity index is 2.06. The van der Waals surface area contributed by atoms with Crippen molar-refractivity contribution >= 4 is 0 Å². The molecule has 1 heterocycles. The summed E-state index contributed by atoms with van der Waals surface area (Å²) in [7, 11) is 0. The van der Waals surface area contributed by atoms with Crippen molar-refractivity contribution in [3.05, 3.63) is 0 Å². The number of aliphatic hydroxyl groups excluding tert-OH is 1. The van der Waals surface area contributed by atoms with Crippen LogP contribution in [0.15, 0.2) is 0 Å². The molecule has 0 aromatic carbocycles. The molecule has 2 unspecified atom stereocenters. The summed E-state index contributed by atoms with van der Waals surface area (Å²) in [6, 6.07) is 0. The van der Waals surface area contributed by atoms with Crippen molar-refractivity contribution in [2.24, 2.45) is 5.92 Å². The normalized spacial score (nSPS) is 27.5. The van der Waals surface area contributed by atoms with Crippen molar-refractivity contribution in [2.75, 3.05) is 32.9 Å². The predicted molar refractivity (Wildman–Crippen MR) is 49.5 cm³/mol. The third-order valence-corrected chi connectivity index (χ3v) is 2.30. The fourth-order valence-corrected chi connectivity index (χ4v) is 1.35. The molecule has 0 aromatic rings. The van der Waals surface area contributed by atoms with Crippen LogP contribution in [0.3, 0.4) is 0 Å². The van der Waals surface area contributed by atoms with Gasteiger partial charge in [0.2, 0.25) is 0 Å². The van der Waals surface area contributed by atoms with E-state index < -0.39 is 5.60 Å². The highest BCUT2D eigenvalue weighted by molar-refractivity contribution is 4.75. The molecule has 4 heteroatoms. The van der Waals surface area contributed by atoms with Crippen LogP contribution in [-0.4, -0.2) is 48.7 Å². The number of aliphatic hydroxyl groups is 2. The third-order valence-electron chi connectivity index (χ3n) is 2.30. The van der Waals surface area contributed by atoms with Gasteiger partial charge in [-0.05, 0) is 19.3 Å². The minimum absolute atomic E-state index is 0.207. The highest BCUT2D eigenvalue weighted by atomic mass is 16.5. The topological polar surface area (TPSA) is 61.7 Å². The van der Waals surface area contributed by atoms with E-state index in [9.17, 15) is 5.11 Å². The number of ether oxygens (including phenoxy) is 1. The van der Waals surface area contributed by atoms with E-state index in [0.717, 1.165) is 26.2 Å². The van der Waals surface area contributed by atoms with Crippen LogP contribution in [0.25, 0.3) is 0 Å². The van der Waals surface area contributed by atoms with Gasteiger partial charge in [-0.2, -0.15) is 0 Å². The van der Waals surface area contributed by atoms with Crippen LogP contribution in [0.2, 0.25) is 0 Å². The molecule has 3 N–H and O–H groups in total. The molecule has 0 spiro atoms. The lowest BCUT2D eigenvalue weighted by Crippen LogP contribution is -2.42. The van der Waals surface area contributed by atoms with Crippen molar-refractivity contribution in [3.63, 3.8) is 0 Å². The summed E-state index contributed by atoms with van der Waals surface area (Å²) in [5, 5.41) is 21.4. The van der Waals surface area contributed by atoms with E-state index in [4.69, 9.17) is 9.84 Å². The Hall–Kier alpha value is -0.160. The average molecular weight is 189 g/mol. The summed E-state index contributed by atoms with van der Waals surface area (Å²) in [5.74, 6) is 0.564. The van der Waals surface area contributed by atoms with Gasteiger partial charge >= 0.3 is 0 Å². The van der Waals surface area contributed by atoms with Gasteiger partial charge in [-0.25, -0.2) is 0 Å². The van der Waals surface area contributed by atoms with Crippen LogP contribution in [0.5, 0.6) is 0 Å². The second-order valence-electron chi connectivity index (χ2n) is 4.02. The maximum atomic E-state index is 9.45. The molecule has 1 rings (SSSR count). The van der Waals surface area contributed by atoms with E-state index in [-0.39, 0.29) is 6.61 Å². The fraction of sp³-hybridized carbons (Fsp3) is 1.00. The minimum Gasteiger partial charge on any atom is -0.393 e. The molecule has 4 nitrogen and oxygen atoms in total. The van der Waals surface area contributed by atoms with Gasteiger partial charge in [0.1, 0.15) is 0 Å². The molecule has 0 aromatic heterocycles. The smallest absolute Gasteiger partial charge is 0.0972 e. The Labute approximate surface area is 78.9 Å². The lowest BCUT2D eigenvalue weighted by atomic mass is 10.1. The van der Waals surface area contributed by atoms with Crippen molar-refractivity contribution in [1.29, 1.82) is 0 Å². The predicted octanol–water partition coefficient (Wildman–Crippen LogP) is -0.644. The quantitative estimate of drug-likeness (QED) is 0.538. The van der Waals surface area contributed by atoms with E-state index in [1.54, 1.807) is 6.92 Å². The van der Waals surface area contributed by atoms with Crippen molar-refractivity contribution in [3.8, 4) is 0 Å². The number of hydrogen-bond donors (Lipinski definition) is 3. The van der Waals surface area contributed by atoms with Crippen LogP contribution >= 0.6 is 0 Å². The van der Waals surface area contributed by atoms with E-state index in [1.165, 1.54) is 0 Å². The van der Waals surface area contributed by atoms with E-state index in [1.807, 2.05) is 0 Å². The summed E-state index contributed by atoms with van der Waals surface area (Å²) in [6.07, 6.45) is 1.09. The molecule has 0 aliphatic carbocycles. The second kappa shape index (κ2) is 4.91. The Bertz CT molecular complexity index is 144. The molecule has 0 radical (unpaired) electrons. The fourth-order valence-electron chi connectivity index (χ4n) is 1.35. The summed E-state index contributed by atoms with van der Waals surface area (Å²) in [6.45, 7) is 4.36. The van der Waals surface area contributed by atoms with Gasteiger partial charge in [0.15, 0.2) is 0 Å². The summed E-state index contributed by atoms with van der Waals surface area (Å²) < 4.78 is 5.21. The lowest BCUT2D eigenvalue weighted by molar-refractivity contribution is 0.00216. The first-order valence-electron chi connectivity index (χ1n) is 4.76. The van der Waals surface area contributed by atoms with Gasteiger partial charge in [0.25, 0.3) is 0 Å². The monoisotopic (exact) mass is 189 g/mol. The molecule has 13 heavy (non-hydrogen) atoms. The zero-order valence-corrected chi connectivity index (χ0v) is 8.12. The van der Waals surface area contributed by atoms with Gasteiger partial charge in [-0.3, -0.25) is 0 Å². The first-order chi connectivity index (χ1) is 6.14. The maximum absolute atomic E-state index is 9.45. The molecule has 1 aliphatic rings. The van der Waals surface area contributed by atoms with Crippen molar-refractivity contribution in [2.45, 2.75) is 18.9 Å². The standard InChI is InChI=1S/C9H19NO3/c1-9(12,7-11)6-10-4-8-2-3-13-5-8/h8,10-12H,2-7H2,1H3. The zero-order valence-electron chi connectivity index (χ0n) is 8.12. The molecule has 1 fully saturated rings. The first kappa shape index (κ1) is 10.9. The molecule has 1 aliphatic heterocycles. The molecule has 0 bridgehead atoms. The van der Waals surface area contributed by atoms with Crippen LogP contribution < -0.4 is 5.32 Å². The lowest BCUT2D eigenvalue weighted by Gasteiger charge is -2.21. The number of nitrogens with one attached hydrogen (secondary N) is 1. The Kier molecular flexibility index (Phi) is 4.12. The van der Waals surface area contributed by atoms with Crippen molar-refractivity contribution < 1.29 is 14.9 Å². The van der Waals surface area contributed by atoms with Gasteiger partial charge in [-0.15, -0.1) is 0 Å². The van der Waals surface area contributed by atoms with Gasteiger partial charge in [-0.1, -0.05) is 0 Å². The van der Waals surface area contributed by atoms with E-state index in [2.05, 4.69) is 5.32 Å². The molecule has 2 atom stereocenters. The Morgan fingerprint density at radius 1 is 1.62 bits per heavy atom. The Morgan fingerprint density at radius 2 is 2.38 bits per heavy atom. The maximum Gasteiger partial charge on any atom is 0.0972 e. The van der Waals surface area contributed by atoms with Crippen molar-refractivity contribution in [1.82, 2.24) is 5.32 Å². The van der Waals surface area contributed by atoms with Crippen LogP contribution in [0, 0.1) is 5.92 Å². The highest BCUT2D eigenvalue weighted by Gasteiger charge is 2.20. The summed E-state index contributed by atoms with van der Waals surface area (Å²) >= 11 is 0. The van der Waals surface area contributed by atoms with Crippen LogP contribution in [0.4, 0.5) is 0 Å². The molecule has 0 amide bonds. The van der Waals surface area contributed by atoms with Gasteiger partial charge in [0, 0.05) is 19.7 Å². The zero-order chi connectivity index (χ0) is 9.73. The second-order valence-corrected chi connectivity index (χ2v) is 4.02. The summed E-state index contributed by atoms with van der Waals surface area (Å²) in [4.78, 5) is 0. The first-order valence-corrected chi connectivity index (χ1v) is 4.76. The number of rotatable bonds is 5. The van der Waals surface area contributed by atoms with E-state index in [0.29, 0.717) is 12.5 Å². The molecular formula is C9H19NO3. The molecule has 0 saturated carbocycles. The number of hydrogen-bond acceptors (Lipinski definition) is 4. The highest BCUT2D eigenvalue weighted by Crippen LogP contribution is 2.10. The molecular weight excluding hydrogens is 170 g/mol. The largest absolute Gasteiger partial charge is 0.393 e. The van der Waals surface area contributed by atoms with Gasteiger partial charge < -0.3 is 20.3 Å².